The Morgan fingerprint density at radius 2 is 1.45 bits per heavy atom. The smallest absolute Gasteiger partial charge is 0.250 e. The van der Waals surface area contributed by atoms with E-state index in [0.717, 1.165) is 34.5 Å². The van der Waals surface area contributed by atoms with Crippen molar-refractivity contribution in [3.8, 4) is 33.9 Å². The molecule has 1 heterocycles. The van der Waals surface area contributed by atoms with Crippen molar-refractivity contribution in [2.75, 3.05) is 14.2 Å². The molecule has 3 aromatic carbocycles. The number of nitrogens with two attached hydrogens (primary N) is 1. The first-order valence-electron chi connectivity index (χ1n) is 10.9. The summed E-state index contributed by atoms with van der Waals surface area (Å²) in [6, 6.07) is 26.5. The number of carbonyl (C=O) groups excluding carboxylic acids is 1. The number of amides is 1. The molecular weight excluding hydrogens is 412 g/mol. The summed E-state index contributed by atoms with van der Waals surface area (Å²) in [7, 11) is 3.26. The zero-order valence-electron chi connectivity index (χ0n) is 19.2. The van der Waals surface area contributed by atoms with Gasteiger partial charge in [0.05, 0.1) is 19.8 Å². The number of hydrogen-bond acceptors (Lipinski definition) is 3. The van der Waals surface area contributed by atoms with Crippen LogP contribution in [0.1, 0.15) is 21.6 Å². The van der Waals surface area contributed by atoms with Gasteiger partial charge in [-0.05, 0) is 53.8 Å². The van der Waals surface area contributed by atoms with Crippen LogP contribution in [0.5, 0.6) is 11.5 Å². The molecule has 5 nitrogen and oxygen atoms in total. The fourth-order valence-electron chi connectivity index (χ4n) is 4.16. The van der Waals surface area contributed by atoms with Crippen LogP contribution < -0.4 is 15.2 Å². The zero-order valence-corrected chi connectivity index (χ0v) is 19.2. The van der Waals surface area contributed by atoms with Crippen molar-refractivity contribution >= 4 is 5.91 Å². The second-order valence-corrected chi connectivity index (χ2v) is 7.93. The molecule has 0 saturated carbocycles. The number of benzene rings is 3. The van der Waals surface area contributed by atoms with Gasteiger partial charge in [-0.15, -0.1) is 0 Å². The summed E-state index contributed by atoms with van der Waals surface area (Å²) < 4.78 is 12.9. The standard InChI is InChI=1S/C28H28N2O3/c1-19-24(28(29)31)18-25(23-12-10-22(11-13-23)21-7-5-4-6-8-21)30(19)16-15-20-9-14-26(32-2)27(17-20)33-3/h4-14,17-18H,15-16H2,1-3H3,(H2,29,31). The SMILES string of the molecule is COc1ccc(CCn2c(-c3ccc(-c4ccccc4)cc3)cc(C(N)=O)c2C)cc1OC. The molecule has 4 aromatic rings. The van der Waals surface area contributed by atoms with Crippen molar-refractivity contribution in [2.24, 2.45) is 5.73 Å². The molecule has 2 N–H and O–H groups in total. The van der Waals surface area contributed by atoms with Gasteiger partial charge in [0, 0.05) is 17.9 Å². The number of aromatic nitrogens is 1. The van der Waals surface area contributed by atoms with Gasteiger partial charge < -0.3 is 19.8 Å². The molecule has 0 unspecified atom stereocenters. The minimum absolute atomic E-state index is 0.417. The lowest BCUT2D eigenvalue weighted by Gasteiger charge is -2.14. The molecule has 0 spiro atoms. The minimum atomic E-state index is -0.417. The van der Waals surface area contributed by atoms with Gasteiger partial charge in [0.1, 0.15) is 0 Å². The van der Waals surface area contributed by atoms with E-state index in [2.05, 4.69) is 41.0 Å². The van der Waals surface area contributed by atoms with Crippen molar-refractivity contribution in [1.29, 1.82) is 0 Å². The molecule has 0 bridgehead atoms. The molecule has 0 aliphatic heterocycles. The van der Waals surface area contributed by atoms with Crippen LogP contribution in [-0.2, 0) is 13.0 Å². The number of nitrogens with zero attached hydrogens (tertiary/aromatic N) is 1. The third-order valence-corrected chi connectivity index (χ3v) is 5.99. The molecule has 1 amide bonds. The Balaban J connectivity index is 1.65. The topological polar surface area (TPSA) is 66.5 Å². The molecule has 0 aliphatic carbocycles. The van der Waals surface area contributed by atoms with Crippen LogP contribution >= 0.6 is 0 Å². The number of methoxy groups -OCH3 is 2. The molecule has 4 rings (SSSR count). The van der Waals surface area contributed by atoms with Crippen LogP contribution in [0.2, 0.25) is 0 Å². The van der Waals surface area contributed by atoms with Crippen LogP contribution in [0.4, 0.5) is 0 Å². The second-order valence-electron chi connectivity index (χ2n) is 7.93. The molecule has 0 aliphatic rings. The molecule has 0 radical (unpaired) electrons. The summed E-state index contributed by atoms with van der Waals surface area (Å²) >= 11 is 0. The van der Waals surface area contributed by atoms with Crippen LogP contribution in [0.25, 0.3) is 22.4 Å². The summed E-state index contributed by atoms with van der Waals surface area (Å²) in [4.78, 5) is 12.1. The van der Waals surface area contributed by atoms with Crippen molar-refractivity contribution in [3.63, 3.8) is 0 Å². The molecule has 33 heavy (non-hydrogen) atoms. The van der Waals surface area contributed by atoms with Crippen LogP contribution in [0, 0.1) is 6.92 Å². The fourth-order valence-corrected chi connectivity index (χ4v) is 4.16. The van der Waals surface area contributed by atoms with E-state index < -0.39 is 5.91 Å². The Labute approximate surface area is 194 Å². The molecular formula is C28H28N2O3. The lowest BCUT2D eigenvalue weighted by molar-refractivity contribution is 0.0999. The van der Waals surface area contributed by atoms with Gasteiger partial charge in [0.25, 0.3) is 5.91 Å². The highest BCUT2D eigenvalue weighted by Crippen LogP contribution is 2.31. The largest absolute Gasteiger partial charge is 0.493 e. The summed E-state index contributed by atoms with van der Waals surface area (Å²) in [6.45, 7) is 2.64. The van der Waals surface area contributed by atoms with E-state index in [-0.39, 0.29) is 0 Å². The van der Waals surface area contributed by atoms with Gasteiger partial charge in [-0.25, -0.2) is 0 Å². The summed E-state index contributed by atoms with van der Waals surface area (Å²) in [5, 5.41) is 0. The van der Waals surface area contributed by atoms with E-state index >= 15 is 0 Å². The van der Waals surface area contributed by atoms with E-state index in [1.807, 2.05) is 49.4 Å². The highest BCUT2D eigenvalue weighted by atomic mass is 16.5. The van der Waals surface area contributed by atoms with Crippen molar-refractivity contribution in [1.82, 2.24) is 4.57 Å². The van der Waals surface area contributed by atoms with Gasteiger partial charge in [-0.1, -0.05) is 60.7 Å². The number of aryl methyl sites for hydroxylation is 1. The van der Waals surface area contributed by atoms with E-state index in [0.29, 0.717) is 23.6 Å². The van der Waals surface area contributed by atoms with Crippen molar-refractivity contribution in [2.45, 2.75) is 19.9 Å². The van der Waals surface area contributed by atoms with Gasteiger partial charge in [0.15, 0.2) is 11.5 Å². The maximum Gasteiger partial charge on any atom is 0.250 e. The maximum atomic E-state index is 12.1. The quantitative estimate of drug-likeness (QED) is 0.394. The average molecular weight is 441 g/mol. The number of carbonyl (C=O) groups is 1. The van der Waals surface area contributed by atoms with Gasteiger partial charge >= 0.3 is 0 Å². The highest BCUT2D eigenvalue weighted by molar-refractivity contribution is 5.95. The normalized spacial score (nSPS) is 10.8. The predicted molar refractivity (Wildman–Crippen MR) is 132 cm³/mol. The lowest BCUT2D eigenvalue weighted by Crippen LogP contribution is -2.13. The van der Waals surface area contributed by atoms with E-state index in [9.17, 15) is 4.79 Å². The Hall–Kier alpha value is -3.99. The Kier molecular flexibility index (Phi) is 6.50. The molecule has 5 heteroatoms. The maximum absolute atomic E-state index is 12.1. The number of rotatable bonds is 8. The third kappa shape index (κ3) is 4.62. The van der Waals surface area contributed by atoms with Crippen LogP contribution in [-0.4, -0.2) is 24.7 Å². The lowest BCUT2D eigenvalue weighted by atomic mass is 10.0. The van der Waals surface area contributed by atoms with Crippen molar-refractivity contribution in [3.05, 3.63) is 95.7 Å². The van der Waals surface area contributed by atoms with Crippen molar-refractivity contribution < 1.29 is 14.3 Å². The van der Waals surface area contributed by atoms with Gasteiger partial charge in [-0.3, -0.25) is 4.79 Å². The number of ether oxygens (including phenoxy) is 2. The third-order valence-electron chi connectivity index (χ3n) is 5.99. The van der Waals surface area contributed by atoms with E-state index in [1.54, 1.807) is 14.2 Å². The number of hydrogen-bond donors (Lipinski definition) is 1. The Bertz CT molecular complexity index is 1260. The Morgan fingerprint density at radius 1 is 0.818 bits per heavy atom. The summed E-state index contributed by atoms with van der Waals surface area (Å²) in [5.41, 5.74) is 12.5. The summed E-state index contributed by atoms with van der Waals surface area (Å²) in [5.74, 6) is 0.988. The van der Waals surface area contributed by atoms with Crippen LogP contribution in [0.15, 0.2) is 78.9 Å². The number of primary amides is 1. The first-order chi connectivity index (χ1) is 16.0. The van der Waals surface area contributed by atoms with Gasteiger partial charge in [-0.2, -0.15) is 0 Å². The molecule has 0 fully saturated rings. The average Bonchev–Trinajstić information content (AvgIpc) is 3.19. The first-order valence-corrected chi connectivity index (χ1v) is 10.9. The fraction of sp³-hybridized carbons (Fsp3) is 0.179. The highest BCUT2D eigenvalue weighted by Gasteiger charge is 2.17. The Morgan fingerprint density at radius 3 is 2.09 bits per heavy atom. The predicted octanol–water partition coefficient (Wildman–Crippen LogP) is 5.49. The summed E-state index contributed by atoms with van der Waals surface area (Å²) in [6.07, 6.45) is 0.767. The monoisotopic (exact) mass is 440 g/mol. The molecule has 0 atom stereocenters. The second kappa shape index (κ2) is 9.65. The van der Waals surface area contributed by atoms with Crippen LogP contribution in [0.3, 0.4) is 0 Å². The molecule has 168 valence electrons. The first kappa shape index (κ1) is 22.2. The zero-order chi connectivity index (χ0) is 23.4. The van der Waals surface area contributed by atoms with E-state index in [1.165, 1.54) is 5.56 Å². The minimum Gasteiger partial charge on any atom is -0.493 e. The molecule has 0 saturated heterocycles. The van der Waals surface area contributed by atoms with E-state index in [4.69, 9.17) is 15.2 Å². The van der Waals surface area contributed by atoms with Gasteiger partial charge in [0.2, 0.25) is 0 Å². The molecule has 1 aromatic heterocycles.